The van der Waals surface area contributed by atoms with Crippen molar-refractivity contribution < 1.29 is 9.53 Å². The lowest BCUT2D eigenvalue weighted by molar-refractivity contribution is -0.123. The van der Waals surface area contributed by atoms with Crippen LogP contribution in [0.4, 0.5) is 0 Å². The Labute approximate surface area is 144 Å². The number of halogens is 2. The highest BCUT2D eigenvalue weighted by atomic mass is 35.5. The van der Waals surface area contributed by atoms with Gasteiger partial charge in [0.1, 0.15) is 0 Å². The van der Waals surface area contributed by atoms with Gasteiger partial charge in [0, 0.05) is 31.8 Å². The largest absolute Gasteiger partial charge is 0.383 e. The van der Waals surface area contributed by atoms with Crippen LogP contribution in [0.3, 0.4) is 0 Å². The van der Waals surface area contributed by atoms with Crippen molar-refractivity contribution in [2.45, 2.75) is 19.8 Å². The van der Waals surface area contributed by atoms with E-state index in [0.717, 1.165) is 18.7 Å². The van der Waals surface area contributed by atoms with Gasteiger partial charge in [-0.15, -0.1) is 12.4 Å². The Kier molecular flexibility index (Phi) is 11.3. The Morgan fingerprint density at radius 3 is 2.59 bits per heavy atom. The minimum atomic E-state index is -0.178. The molecule has 126 valence electrons. The second-order valence-electron chi connectivity index (χ2n) is 5.31. The maximum absolute atomic E-state index is 12.4. The third kappa shape index (κ3) is 7.45. The number of nitrogens with one attached hydrogen (secondary N) is 2. The van der Waals surface area contributed by atoms with Gasteiger partial charge in [0.25, 0.3) is 0 Å². The number of hydrogen-bond donors (Lipinski definition) is 2. The molecule has 1 atom stereocenters. The van der Waals surface area contributed by atoms with Gasteiger partial charge in [0.15, 0.2) is 0 Å². The van der Waals surface area contributed by atoms with Gasteiger partial charge in [-0.25, -0.2) is 0 Å². The SMILES string of the molecule is COCCNCCNC(=O)C(c1cccc(Cl)c1)C(C)C.Cl. The van der Waals surface area contributed by atoms with E-state index in [1.807, 2.05) is 38.1 Å². The van der Waals surface area contributed by atoms with Crippen LogP contribution < -0.4 is 10.6 Å². The van der Waals surface area contributed by atoms with Gasteiger partial charge in [-0.1, -0.05) is 37.6 Å². The summed E-state index contributed by atoms with van der Waals surface area (Å²) in [5, 5.41) is 6.83. The van der Waals surface area contributed by atoms with Crippen LogP contribution in [0.1, 0.15) is 25.3 Å². The summed E-state index contributed by atoms with van der Waals surface area (Å²) in [7, 11) is 1.67. The predicted molar refractivity (Wildman–Crippen MR) is 94.0 cm³/mol. The highest BCUT2D eigenvalue weighted by Crippen LogP contribution is 2.26. The maximum atomic E-state index is 12.4. The molecular formula is C16H26Cl2N2O2. The molecule has 4 nitrogen and oxygen atoms in total. The van der Waals surface area contributed by atoms with E-state index >= 15 is 0 Å². The van der Waals surface area contributed by atoms with E-state index in [9.17, 15) is 4.79 Å². The van der Waals surface area contributed by atoms with Crippen molar-refractivity contribution >= 4 is 29.9 Å². The van der Waals surface area contributed by atoms with Gasteiger partial charge in [0.2, 0.25) is 5.91 Å². The molecule has 0 aromatic heterocycles. The molecule has 0 aliphatic carbocycles. The van der Waals surface area contributed by atoms with Gasteiger partial charge in [-0.2, -0.15) is 0 Å². The predicted octanol–water partition coefficient (Wildman–Crippen LogP) is 2.85. The van der Waals surface area contributed by atoms with Crippen molar-refractivity contribution in [2.24, 2.45) is 5.92 Å². The normalized spacial score (nSPS) is 11.9. The summed E-state index contributed by atoms with van der Waals surface area (Å²) in [6.07, 6.45) is 0. The average molecular weight is 349 g/mol. The Morgan fingerprint density at radius 2 is 2.00 bits per heavy atom. The van der Waals surface area contributed by atoms with E-state index in [4.69, 9.17) is 16.3 Å². The second-order valence-corrected chi connectivity index (χ2v) is 5.75. The van der Waals surface area contributed by atoms with Crippen molar-refractivity contribution in [1.82, 2.24) is 10.6 Å². The molecule has 2 N–H and O–H groups in total. The molecule has 1 aromatic carbocycles. The summed E-state index contributed by atoms with van der Waals surface area (Å²) in [4.78, 5) is 12.4. The standard InChI is InChI=1S/C16H25ClN2O2.ClH/c1-12(2)15(13-5-4-6-14(17)11-13)16(20)19-8-7-18-9-10-21-3;/h4-6,11-12,15,18H,7-10H2,1-3H3,(H,19,20);1H. The quantitative estimate of drug-likeness (QED) is 0.674. The number of rotatable bonds is 9. The molecule has 0 saturated carbocycles. The average Bonchev–Trinajstić information content (AvgIpc) is 2.42. The lowest BCUT2D eigenvalue weighted by atomic mass is 9.87. The fourth-order valence-electron chi connectivity index (χ4n) is 2.22. The highest BCUT2D eigenvalue weighted by Gasteiger charge is 2.23. The Bertz CT molecular complexity index is 442. The minimum Gasteiger partial charge on any atom is -0.383 e. The first-order valence-electron chi connectivity index (χ1n) is 7.29. The van der Waals surface area contributed by atoms with Crippen molar-refractivity contribution in [2.75, 3.05) is 33.4 Å². The van der Waals surface area contributed by atoms with Crippen molar-refractivity contribution in [3.63, 3.8) is 0 Å². The third-order valence-corrected chi connectivity index (χ3v) is 3.48. The Hall–Kier alpha value is -0.810. The lowest BCUT2D eigenvalue weighted by Gasteiger charge is -2.21. The van der Waals surface area contributed by atoms with Gasteiger partial charge in [-0.05, 0) is 23.6 Å². The third-order valence-electron chi connectivity index (χ3n) is 3.24. The molecule has 0 fully saturated rings. The molecule has 1 aromatic rings. The summed E-state index contributed by atoms with van der Waals surface area (Å²) in [6.45, 7) is 6.88. The smallest absolute Gasteiger partial charge is 0.227 e. The van der Waals surface area contributed by atoms with Crippen LogP contribution in [0.25, 0.3) is 0 Å². The molecule has 0 aliphatic rings. The summed E-state index contributed by atoms with van der Waals surface area (Å²) < 4.78 is 4.95. The zero-order valence-corrected chi connectivity index (χ0v) is 15.0. The molecule has 1 amide bonds. The molecule has 0 radical (unpaired) electrons. The molecule has 1 rings (SSSR count). The molecule has 0 saturated heterocycles. The number of carbonyl (C=O) groups excluding carboxylic acids is 1. The van der Waals surface area contributed by atoms with Crippen LogP contribution in [0.2, 0.25) is 5.02 Å². The van der Waals surface area contributed by atoms with Crippen LogP contribution in [-0.4, -0.2) is 39.3 Å². The van der Waals surface area contributed by atoms with E-state index in [1.165, 1.54) is 0 Å². The van der Waals surface area contributed by atoms with Crippen LogP contribution in [-0.2, 0) is 9.53 Å². The minimum absolute atomic E-state index is 0. The number of ether oxygens (including phenoxy) is 1. The molecular weight excluding hydrogens is 323 g/mol. The lowest BCUT2D eigenvalue weighted by Crippen LogP contribution is -2.37. The number of carbonyl (C=O) groups is 1. The fourth-order valence-corrected chi connectivity index (χ4v) is 2.42. The van der Waals surface area contributed by atoms with Gasteiger partial charge >= 0.3 is 0 Å². The van der Waals surface area contributed by atoms with E-state index < -0.39 is 0 Å². The number of benzene rings is 1. The number of amides is 1. The summed E-state index contributed by atoms with van der Waals surface area (Å²) in [5.74, 6) is 0.0772. The highest BCUT2D eigenvalue weighted by molar-refractivity contribution is 6.30. The van der Waals surface area contributed by atoms with Crippen LogP contribution in [0.5, 0.6) is 0 Å². The fraction of sp³-hybridized carbons (Fsp3) is 0.562. The molecule has 0 heterocycles. The molecule has 1 unspecified atom stereocenters. The number of hydrogen-bond acceptors (Lipinski definition) is 3. The van der Waals surface area contributed by atoms with E-state index in [0.29, 0.717) is 18.2 Å². The van der Waals surface area contributed by atoms with Gasteiger partial charge in [0.05, 0.1) is 12.5 Å². The van der Waals surface area contributed by atoms with Crippen LogP contribution in [0, 0.1) is 5.92 Å². The van der Waals surface area contributed by atoms with E-state index in [-0.39, 0.29) is 30.2 Å². The van der Waals surface area contributed by atoms with Crippen molar-refractivity contribution in [3.8, 4) is 0 Å². The second kappa shape index (κ2) is 11.7. The van der Waals surface area contributed by atoms with Gasteiger partial charge in [-0.3, -0.25) is 4.79 Å². The van der Waals surface area contributed by atoms with Crippen molar-refractivity contribution in [3.05, 3.63) is 34.9 Å². The monoisotopic (exact) mass is 348 g/mol. The first-order valence-corrected chi connectivity index (χ1v) is 7.67. The summed E-state index contributed by atoms with van der Waals surface area (Å²) in [6, 6.07) is 7.52. The first kappa shape index (κ1) is 21.2. The van der Waals surface area contributed by atoms with Crippen LogP contribution >= 0.6 is 24.0 Å². The van der Waals surface area contributed by atoms with Crippen molar-refractivity contribution in [1.29, 1.82) is 0 Å². The molecule has 22 heavy (non-hydrogen) atoms. The molecule has 0 bridgehead atoms. The van der Waals surface area contributed by atoms with E-state index in [2.05, 4.69) is 10.6 Å². The Morgan fingerprint density at radius 1 is 1.27 bits per heavy atom. The summed E-state index contributed by atoms with van der Waals surface area (Å²) in [5.41, 5.74) is 0.961. The first-order chi connectivity index (χ1) is 10.1. The maximum Gasteiger partial charge on any atom is 0.227 e. The molecule has 0 spiro atoms. The van der Waals surface area contributed by atoms with E-state index in [1.54, 1.807) is 7.11 Å². The zero-order chi connectivity index (χ0) is 15.7. The summed E-state index contributed by atoms with van der Waals surface area (Å²) >= 11 is 6.02. The topological polar surface area (TPSA) is 50.4 Å². The Balaban J connectivity index is 0.00000441. The van der Waals surface area contributed by atoms with Crippen LogP contribution in [0.15, 0.2) is 24.3 Å². The molecule has 0 aliphatic heterocycles. The zero-order valence-electron chi connectivity index (χ0n) is 13.4. The van der Waals surface area contributed by atoms with Gasteiger partial charge < -0.3 is 15.4 Å². The molecule has 6 heteroatoms. The number of methoxy groups -OCH3 is 1.